The molecule has 0 aliphatic carbocycles. The van der Waals surface area contributed by atoms with Crippen molar-refractivity contribution >= 4 is 23.6 Å². The lowest BCUT2D eigenvalue weighted by Gasteiger charge is -2.40. The second kappa shape index (κ2) is 7.75. The number of amides is 3. The number of fused-ring (bicyclic) bond motifs is 3. The summed E-state index contributed by atoms with van der Waals surface area (Å²) in [5, 5.41) is 0. The molecule has 0 aromatic heterocycles. The van der Waals surface area contributed by atoms with Gasteiger partial charge in [-0.1, -0.05) is 19.1 Å². The van der Waals surface area contributed by atoms with E-state index < -0.39 is 12.2 Å². The van der Waals surface area contributed by atoms with Crippen LogP contribution in [0.15, 0.2) is 40.7 Å². The molecule has 3 aliphatic rings. The van der Waals surface area contributed by atoms with Crippen LogP contribution in [-0.2, 0) is 16.0 Å². The first-order valence-corrected chi connectivity index (χ1v) is 10.5. The van der Waals surface area contributed by atoms with Gasteiger partial charge in [-0.2, -0.15) is 0 Å². The first kappa shape index (κ1) is 20.4. The Bertz CT molecular complexity index is 923. The lowest BCUT2D eigenvalue weighted by molar-refractivity contribution is -0.137. The number of benzene rings is 1. The molecule has 3 aliphatic heterocycles. The van der Waals surface area contributed by atoms with Gasteiger partial charge in [0, 0.05) is 30.7 Å². The van der Waals surface area contributed by atoms with Gasteiger partial charge in [0.1, 0.15) is 0 Å². The van der Waals surface area contributed by atoms with Gasteiger partial charge in [-0.15, -0.1) is 0 Å². The summed E-state index contributed by atoms with van der Waals surface area (Å²) in [6, 6.07) is 7.49. The second-order valence-electron chi connectivity index (χ2n) is 7.76. The van der Waals surface area contributed by atoms with E-state index in [0.29, 0.717) is 19.2 Å². The summed E-state index contributed by atoms with van der Waals surface area (Å²) in [5.74, 6) is 0.473. The van der Waals surface area contributed by atoms with E-state index in [2.05, 4.69) is 36.1 Å². The van der Waals surface area contributed by atoms with Gasteiger partial charge in [0.2, 0.25) is 5.96 Å². The van der Waals surface area contributed by atoms with Gasteiger partial charge in [0.05, 0.1) is 13.2 Å². The minimum absolute atomic E-state index is 0.225. The van der Waals surface area contributed by atoms with Crippen LogP contribution in [0.4, 0.5) is 10.5 Å². The zero-order valence-electron chi connectivity index (χ0n) is 18.3. The smallest absolute Gasteiger partial charge is 0.328 e. The van der Waals surface area contributed by atoms with Crippen LogP contribution in [-0.4, -0.2) is 71.6 Å². The van der Waals surface area contributed by atoms with Crippen molar-refractivity contribution in [2.75, 3.05) is 31.7 Å². The Morgan fingerprint density at radius 1 is 1.07 bits per heavy atom. The number of allylic oxidation sites excluding steroid dienone is 2. The van der Waals surface area contributed by atoms with E-state index in [9.17, 15) is 9.59 Å². The van der Waals surface area contributed by atoms with Crippen LogP contribution < -0.4 is 4.90 Å². The number of carbonyl (C=O) groups is 2. The zero-order valence-corrected chi connectivity index (χ0v) is 18.3. The summed E-state index contributed by atoms with van der Waals surface area (Å²) in [6.45, 7) is 9.17. The highest BCUT2D eigenvalue weighted by Crippen LogP contribution is 2.39. The molecule has 8 nitrogen and oxygen atoms in total. The van der Waals surface area contributed by atoms with Gasteiger partial charge < -0.3 is 9.64 Å². The molecule has 4 rings (SSSR count). The number of carbonyl (C=O) groups excluding carboxylic acids is 2. The molecule has 1 aromatic carbocycles. The Kier molecular flexibility index (Phi) is 5.27. The van der Waals surface area contributed by atoms with Crippen molar-refractivity contribution in [3.63, 3.8) is 0 Å². The maximum atomic E-state index is 13.3. The molecule has 0 spiro atoms. The molecule has 1 saturated heterocycles. The van der Waals surface area contributed by atoms with Crippen molar-refractivity contribution in [3.05, 3.63) is 41.2 Å². The van der Waals surface area contributed by atoms with Crippen molar-refractivity contribution in [1.29, 1.82) is 0 Å². The Hall–Kier alpha value is -2.87. The van der Waals surface area contributed by atoms with Crippen molar-refractivity contribution in [2.45, 2.75) is 46.3 Å². The fourth-order valence-electron chi connectivity index (χ4n) is 4.31. The SMILES string of the molecule is CCOCCN1C(=O)C2C(N=C3N(c4ccc(CC)cc4)C(C)=C(C)N32)N(C)C1=O. The van der Waals surface area contributed by atoms with Crippen LogP contribution in [0.2, 0.25) is 0 Å². The van der Waals surface area contributed by atoms with E-state index >= 15 is 0 Å². The molecular weight excluding hydrogens is 382 g/mol. The van der Waals surface area contributed by atoms with Crippen molar-refractivity contribution in [1.82, 2.24) is 14.7 Å². The van der Waals surface area contributed by atoms with E-state index in [1.165, 1.54) is 10.5 Å². The predicted octanol–water partition coefficient (Wildman–Crippen LogP) is 2.62. The van der Waals surface area contributed by atoms with Crippen LogP contribution in [0.3, 0.4) is 0 Å². The quantitative estimate of drug-likeness (QED) is 0.673. The van der Waals surface area contributed by atoms with Gasteiger partial charge in [0.15, 0.2) is 12.2 Å². The molecule has 0 bridgehead atoms. The van der Waals surface area contributed by atoms with E-state index in [-0.39, 0.29) is 18.5 Å². The van der Waals surface area contributed by atoms with Gasteiger partial charge >= 0.3 is 6.03 Å². The Morgan fingerprint density at radius 2 is 1.77 bits per heavy atom. The lowest BCUT2D eigenvalue weighted by Crippen LogP contribution is -2.65. The number of nitrogens with zero attached hydrogens (tertiary/aromatic N) is 5. The third-order valence-electron chi connectivity index (χ3n) is 6.16. The van der Waals surface area contributed by atoms with Crippen LogP contribution in [0.25, 0.3) is 0 Å². The number of hydrogen-bond acceptors (Lipinski definition) is 6. The molecule has 0 radical (unpaired) electrons. The molecule has 2 unspecified atom stereocenters. The van der Waals surface area contributed by atoms with Gasteiger partial charge in [-0.05, 0) is 44.9 Å². The highest BCUT2D eigenvalue weighted by atomic mass is 16.5. The van der Waals surface area contributed by atoms with E-state index in [1.807, 2.05) is 25.7 Å². The Balaban J connectivity index is 1.68. The number of ether oxygens (including phenoxy) is 1. The Morgan fingerprint density at radius 3 is 2.40 bits per heavy atom. The maximum absolute atomic E-state index is 13.3. The number of anilines is 1. The second-order valence-corrected chi connectivity index (χ2v) is 7.76. The average Bonchev–Trinajstić information content (AvgIpc) is 3.25. The van der Waals surface area contributed by atoms with Crippen LogP contribution in [0, 0.1) is 0 Å². The zero-order chi connectivity index (χ0) is 21.6. The number of imide groups is 1. The molecular formula is C22H29N5O3. The standard InChI is InChI=1S/C22H29N5O3/c1-6-16-8-10-17(11-9-16)26-14(3)15(4)27-18-19(23-21(26)27)24(5)22(29)25(20(18)28)12-13-30-7-2/h8-11,18-19H,6-7,12-13H2,1-5H3. The van der Waals surface area contributed by atoms with E-state index in [0.717, 1.165) is 23.5 Å². The highest BCUT2D eigenvalue weighted by Gasteiger charge is 2.55. The number of likely N-dealkylation sites (N-methyl/N-ethyl adjacent to an activating group) is 1. The van der Waals surface area contributed by atoms with Gasteiger partial charge in [-0.25, -0.2) is 9.79 Å². The summed E-state index contributed by atoms with van der Waals surface area (Å²) >= 11 is 0. The molecule has 30 heavy (non-hydrogen) atoms. The van der Waals surface area contributed by atoms with Crippen molar-refractivity contribution < 1.29 is 14.3 Å². The normalized spacial score (nSPS) is 23.4. The Labute approximate surface area is 177 Å². The maximum Gasteiger partial charge on any atom is 0.328 e. The number of guanidine groups is 1. The van der Waals surface area contributed by atoms with E-state index in [4.69, 9.17) is 9.73 Å². The lowest BCUT2D eigenvalue weighted by atomic mass is 10.1. The number of aliphatic imine (C=N–C) groups is 1. The first-order valence-electron chi connectivity index (χ1n) is 10.5. The number of rotatable bonds is 6. The fraction of sp³-hybridized carbons (Fsp3) is 0.500. The average molecular weight is 412 g/mol. The van der Waals surface area contributed by atoms with Gasteiger partial charge in [0.25, 0.3) is 5.91 Å². The monoisotopic (exact) mass is 411 g/mol. The summed E-state index contributed by atoms with van der Waals surface area (Å²) in [6.07, 6.45) is 0.438. The molecule has 2 atom stereocenters. The van der Waals surface area contributed by atoms with E-state index in [1.54, 1.807) is 11.9 Å². The highest BCUT2D eigenvalue weighted by molar-refractivity contribution is 6.10. The van der Waals surface area contributed by atoms with Crippen LogP contribution in [0.1, 0.15) is 33.3 Å². The predicted molar refractivity (Wildman–Crippen MR) is 115 cm³/mol. The summed E-state index contributed by atoms with van der Waals surface area (Å²) in [7, 11) is 1.71. The number of hydrogen-bond donors (Lipinski definition) is 0. The minimum Gasteiger partial charge on any atom is -0.380 e. The number of aryl methyl sites for hydroxylation is 1. The fourth-order valence-corrected chi connectivity index (χ4v) is 4.31. The summed E-state index contributed by atoms with van der Waals surface area (Å²) in [5.41, 5.74) is 4.27. The van der Waals surface area contributed by atoms with Crippen LogP contribution in [0.5, 0.6) is 0 Å². The summed E-state index contributed by atoms with van der Waals surface area (Å²) < 4.78 is 5.37. The molecule has 0 N–H and O–H groups in total. The minimum atomic E-state index is -0.556. The molecule has 160 valence electrons. The molecule has 1 fully saturated rings. The first-order chi connectivity index (χ1) is 14.4. The third kappa shape index (κ3) is 2.98. The van der Waals surface area contributed by atoms with Crippen molar-refractivity contribution in [3.8, 4) is 0 Å². The molecule has 0 saturated carbocycles. The number of urea groups is 1. The summed E-state index contributed by atoms with van der Waals surface area (Å²) in [4.78, 5) is 37.9. The third-order valence-corrected chi connectivity index (χ3v) is 6.16. The molecule has 1 aromatic rings. The molecule has 3 heterocycles. The van der Waals surface area contributed by atoms with Crippen molar-refractivity contribution in [2.24, 2.45) is 4.99 Å². The van der Waals surface area contributed by atoms with Gasteiger partial charge in [-0.3, -0.25) is 19.5 Å². The largest absolute Gasteiger partial charge is 0.380 e. The van der Waals surface area contributed by atoms with Crippen LogP contribution >= 0.6 is 0 Å². The molecule has 8 heteroatoms. The topological polar surface area (TPSA) is 68.7 Å². The molecule has 3 amide bonds.